The fourth-order valence-electron chi connectivity index (χ4n) is 2.83. The minimum absolute atomic E-state index is 0.0294. The first-order valence-electron chi connectivity index (χ1n) is 7.19. The highest BCUT2D eigenvalue weighted by atomic mass is 16.2. The highest BCUT2D eigenvalue weighted by Crippen LogP contribution is 2.35. The molecule has 2 amide bonds. The summed E-state index contributed by atoms with van der Waals surface area (Å²) in [6, 6.07) is -0.709. The predicted molar refractivity (Wildman–Crippen MR) is 72.5 cm³/mol. The third-order valence-corrected chi connectivity index (χ3v) is 4.24. The number of aromatic nitrogens is 2. The zero-order chi connectivity index (χ0) is 14.3. The number of carbonyl (C=O) groups excluding carboxylic acids is 2. The molecule has 1 aromatic heterocycles. The van der Waals surface area contributed by atoms with Crippen LogP contribution in [-0.4, -0.2) is 38.3 Å². The van der Waals surface area contributed by atoms with Crippen LogP contribution >= 0.6 is 0 Å². The molecule has 2 fully saturated rings. The average molecular weight is 276 g/mol. The molecule has 2 atom stereocenters. The molecular weight excluding hydrogens is 256 g/mol. The van der Waals surface area contributed by atoms with Crippen LogP contribution in [0.15, 0.2) is 12.4 Å². The van der Waals surface area contributed by atoms with Crippen molar-refractivity contribution >= 4 is 11.8 Å². The average Bonchev–Trinajstić information content (AvgIpc) is 3.18. The number of rotatable bonds is 4. The van der Waals surface area contributed by atoms with E-state index in [0.717, 1.165) is 18.7 Å². The number of carbonyl (C=O) groups is 2. The van der Waals surface area contributed by atoms with Gasteiger partial charge in [-0.1, -0.05) is 6.92 Å². The fourth-order valence-corrected chi connectivity index (χ4v) is 2.83. The van der Waals surface area contributed by atoms with Gasteiger partial charge in [0.15, 0.2) is 0 Å². The minimum atomic E-state index is -0.380. The molecule has 2 unspecified atom stereocenters. The van der Waals surface area contributed by atoms with Crippen LogP contribution in [0, 0.1) is 5.92 Å². The van der Waals surface area contributed by atoms with Crippen LogP contribution in [0.1, 0.15) is 32.0 Å². The number of imidazole rings is 1. The van der Waals surface area contributed by atoms with Gasteiger partial charge in [0, 0.05) is 19.4 Å². The van der Waals surface area contributed by atoms with Gasteiger partial charge in [0.2, 0.25) is 11.8 Å². The summed E-state index contributed by atoms with van der Waals surface area (Å²) in [5.41, 5.74) is 0. The second-order valence-corrected chi connectivity index (χ2v) is 5.67. The van der Waals surface area contributed by atoms with Gasteiger partial charge in [0.05, 0.1) is 6.54 Å². The van der Waals surface area contributed by atoms with Crippen molar-refractivity contribution in [1.29, 1.82) is 0 Å². The van der Waals surface area contributed by atoms with E-state index in [9.17, 15) is 9.59 Å². The minimum Gasteiger partial charge on any atom is -0.342 e. The van der Waals surface area contributed by atoms with E-state index in [-0.39, 0.29) is 23.9 Å². The van der Waals surface area contributed by atoms with E-state index >= 15 is 0 Å². The van der Waals surface area contributed by atoms with E-state index < -0.39 is 0 Å². The number of piperazine rings is 1. The van der Waals surface area contributed by atoms with E-state index in [0.29, 0.717) is 18.9 Å². The van der Waals surface area contributed by atoms with Gasteiger partial charge in [-0.3, -0.25) is 9.59 Å². The Bertz CT molecular complexity index is 535. The van der Waals surface area contributed by atoms with Crippen LogP contribution in [0.3, 0.4) is 0 Å². The summed E-state index contributed by atoms with van der Waals surface area (Å²) in [4.78, 5) is 30.8. The molecule has 1 saturated heterocycles. The number of hydrogen-bond donors (Lipinski definition) is 1. The van der Waals surface area contributed by atoms with E-state index in [1.165, 1.54) is 0 Å². The molecule has 1 aromatic rings. The van der Waals surface area contributed by atoms with Gasteiger partial charge in [-0.25, -0.2) is 4.98 Å². The van der Waals surface area contributed by atoms with E-state index in [1.54, 1.807) is 11.1 Å². The van der Waals surface area contributed by atoms with Gasteiger partial charge in [0.25, 0.3) is 0 Å². The van der Waals surface area contributed by atoms with Crippen molar-refractivity contribution < 1.29 is 9.59 Å². The molecular formula is C14H20N4O2. The molecule has 1 N–H and O–H groups in total. The third-order valence-electron chi connectivity index (χ3n) is 4.24. The number of nitrogens with zero attached hydrogens (tertiary/aromatic N) is 3. The van der Waals surface area contributed by atoms with Crippen molar-refractivity contribution in [2.24, 2.45) is 13.0 Å². The third kappa shape index (κ3) is 2.19. The largest absolute Gasteiger partial charge is 0.342 e. The first kappa shape index (κ1) is 13.1. The Balaban J connectivity index is 1.84. The van der Waals surface area contributed by atoms with Gasteiger partial charge >= 0.3 is 0 Å². The first-order chi connectivity index (χ1) is 9.61. The molecule has 1 aliphatic heterocycles. The summed E-state index contributed by atoms with van der Waals surface area (Å²) < 4.78 is 1.89. The number of aryl methyl sites for hydroxylation is 1. The summed E-state index contributed by atoms with van der Waals surface area (Å²) in [6.07, 6.45) is 6.25. The van der Waals surface area contributed by atoms with E-state index in [4.69, 9.17) is 0 Å². The summed E-state index contributed by atoms with van der Waals surface area (Å²) in [7, 11) is 1.90. The molecule has 0 bridgehead atoms. The lowest BCUT2D eigenvalue weighted by Gasteiger charge is -2.38. The van der Waals surface area contributed by atoms with Gasteiger partial charge in [-0.05, 0) is 25.2 Å². The maximum absolute atomic E-state index is 12.6. The van der Waals surface area contributed by atoms with E-state index in [1.807, 2.05) is 24.7 Å². The first-order valence-corrected chi connectivity index (χ1v) is 7.19. The maximum Gasteiger partial charge on any atom is 0.246 e. The van der Waals surface area contributed by atoms with Gasteiger partial charge in [-0.15, -0.1) is 0 Å². The van der Waals surface area contributed by atoms with Crippen LogP contribution in [0.2, 0.25) is 0 Å². The molecule has 2 heterocycles. The lowest BCUT2D eigenvalue weighted by atomic mass is 10.0. The predicted octanol–water partition coefficient (Wildman–Crippen LogP) is 0.436. The maximum atomic E-state index is 12.6. The smallest absolute Gasteiger partial charge is 0.246 e. The highest BCUT2D eigenvalue weighted by Gasteiger charge is 2.46. The zero-order valence-corrected chi connectivity index (χ0v) is 11.9. The number of hydrogen-bond acceptors (Lipinski definition) is 3. The second kappa shape index (κ2) is 4.92. The van der Waals surface area contributed by atoms with Crippen molar-refractivity contribution in [2.75, 3.05) is 0 Å². The molecule has 2 aliphatic rings. The van der Waals surface area contributed by atoms with Crippen LogP contribution in [0.4, 0.5) is 0 Å². The number of amides is 2. The standard InChI is InChI=1S/C14H20N4O2/c1-3-10-13(19)16-12(9-4-5-9)14(20)18(10)8-11-15-6-7-17(11)2/h6-7,9-10,12H,3-5,8H2,1-2H3,(H,16,19). The fraction of sp³-hybridized carbons (Fsp3) is 0.643. The molecule has 1 aliphatic carbocycles. The quantitative estimate of drug-likeness (QED) is 0.867. The topological polar surface area (TPSA) is 67.2 Å². The summed E-state index contributed by atoms with van der Waals surface area (Å²) >= 11 is 0. The Morgan fingerprint density at radius 3 is 2.70 bits per heavy atom. The summed E-state index contributed by atoms with van der Waals surface area (Å²) in [5, 5.41) is 2.90. The van der Waals surface area contributed by atoms with Gasteiger partial charge < -0.3 is 14.8 Å². The Morgan fingerprint density at radius 2 is 2.15 bits per heavy atom. The van der Waals surface area contributed by atoms with Crippen molar-refractivity contribution in [2.45, 2.75) is 44.8 Å². The lowest BCUT2D eigenvalue weighted by Crippen LogP contribution is -2.63. The van der Waals surface area contributed by atoms with Crippen LogP contribution in [0.25, 0.3) is 0 Å². The molecule has 108 valence electrons. The number of nitrogens with one attached hydrogen (secondary N) is 1. The molecule has 0 radical (unpaired) electrons. The molecule has 0 spiro atoms. The van der Waals surface area contributed by atoms with Crippen LogP contribution in [-0.2, 0) is 23.2 Å². The van der Waals surface area contributed by atoms with Crippen LogP contribution in [0.5, 0.6) is 0 Å². The van der Waals surface area contributed by atoms with Crippen LogP contribution < -0.4 is 5.32 Å². The Morgan fingerprint density at radius 1 is 1.40 bits per heavy atom. The zero-order valence-electron chi connectivity index (χ0n) is 11.9. The molecule has 0 aromatic carbocycles. The van der Waals surface area contributed by atoms with Gasteiger partial charge in [0.1, 0.15) is 17.9 Å². The molecule has 3 rings (SSSR count). The normalized spacial score (nSPS) is 26.8. The van der Waals surface area contributed by atoms with Crippen molar-refractivity contribution in [3.8, 4) is 0 Å². The summed E-state index contributed by atoms with van der Waals surface area (Å²) in [6.45, 7) is 2.33. The van der Waals surface area contributed by atoms with Gasteiger partial charge in [-0.2, -0.15) is 0 Å². The Kier molecular flexibility index (Phi) is 3.23. The van der Waals surface area contributed by atoms with E-state index in [2.05, 4.69) is 10.3 Å². The molecule has 1 saturated carbocycles. The van der Waals surface area contributed by atoms with Crippen molar-refractivity contribution in [1.82, 2.24) is 19.8 Å². The Labute approximate surface area is 118 Å². The van der Waals surface area contributed by atoms with Crippen molar-refractivity contribution in [3.63, 3.8) is 0 Å². The lowest BCUT2D eigenvalue weighted by molar-refractivity contribution is -0.151. The Hall–Kier alpha value is -1.85. The monoisotopic (exact) mass is 276 g/mol. The second-order valence-electron chi connectivity index (χ2n) is 5.67. The van der Waals surface area contributed by atoms with Crippen molar-refractivity contribution in [3.05, 3.63) is 18.2 Å². The summed E-state index contributed by atoms with van der Waals surface area (Å²) in [5.74, 6) is 1.15. The molecule has 6 heteroatoms. The molecule has 20 heavy (non-hydrogen) atoms. The molecule has 6 nitrogen and oxygen atoms in total. The highest BCUT2D eigenvalue weighted by molar-refractivity contribution is 5.97. The SMILES string of the molecule is CCC1C(=O)NC(C2CC2)C(=O)N1Cc1nccn1C.